The number of hydrogen-bond donors (Lipinski definition) is 5. The molecule has 0 fully saturated rings. The van der Waals surface area contributed by atoms with E-state index < -0.39 is 23.9 Å². The van der Waals surface area contributed by atoms with Crippen molar-refractivity contribution in [3.8, 4) is 0 Å². The largest absolute Gasteiger partial charge is 0.465 e. The first-order valence-electron chi connectivity index (χ1n) is 15.7. The molecule has 0 bridgehead atoms. The van der Waals surface area contributed by atoms with Crippen LogP contribution in [0.1, 0.15) is 82.8 Å². The fourth-order valence-corrected chi connectivity index (χ4v) is 5.82. The van der Waals surface area contributed by atoms with E-state index >= 15 is 0 Å². The fraction of sp³-hybridized carbons (Fsp3) is 0.529. The molecule has 10 nitrogen and oxygen atoms in total. The lowest BCUT2D eigenvalue weighted by atomic mass is 9.78. The molecule has 0 radical (unpaired) electrons. The molecule has 0 aliphatic rings. The van der Waals surface area contributed by atoms with Crippen LogP contribution in [0.25, 0.3) is 0 Å². The molecular weight excluding hydrogens is 560 g/mol. The predicted octanol–water partition coefficient (Wildman–Crippen LogP) is 5.81. The van der Waals surface area contributed by atoms with Crippen LogP contribution < -0.4 is 16.1 Å². The summed E-state index contributed by atoms with van der Waals surface area (Å²) in [6.45, 7) is 4.25. The summed E-state index contributed by atoms with van der Waals surface area (Å²) in [4.78, 5) is 47.3. The van der Waals surface area contributed by atoms with E-state index in [1.54, 1.807) is 6.92 Å². The van der Waals surface area contributed by atoms with Gasteiger partial charge in [0.2, 0.25) is 0 Å². The average Bonchev–Trinajstić information content (AvgIpc) is 3.01. The molecule has 5 N–H and O–H groups in total. The molecule has 10 heteroatoms. The Kier molecular flexibility index (Phi) is 16.8. The van der Waals surface area contributed by atoms with E-state index in [2.05, 4.69) is 16.1 Å². The predicted molar refractivity (Wildman–Crippen MR) is 171 cm³/mol. The molecule has 4 atom stereocenters. The van der Waals surface area contributed by atoms with Gasteiger partial charge >= 0.3 is 12.2 Å². The molecule has 2 aromatic rings. The standard InChI is InChI=1S/C34H50N4O6/c1-27(25-39)35-22-16-8-6-4-3-5-7-15-21-31(23-29-17-11-9-12-18-29)34(36-32(41)42,24-30-19-13-10-14-20-30)38(28(2)26-40)37-33(43)44/h9-14,17-20,25-28,31,35-37H,3-8,15-16,21-24H2,1-2H3,(H,41,42)(H,43,44)/t27?,28-,31-,34?/m0/s1. The van der Waals surface area contributed by atoms with Crippen LogP contribution in [0.2, 0.25) is 0 Å². The van der Waals surface area contributed by atoms with Crippen molar-refractivity contribution in [1.82, 2.24) is 21.1 Å². The second-order valence-electron chi connectivity index (χ2n) is 11.6. The zero-order chi connectivity index (χ0) is 32.2. The fourth-order valence-electron chi connectivity index (χ4n) is 5.82. The number of nitrogens with one attached hydrogen (secondary N) is 3. The van der Waals surface area contributed by atoms with E-state index in [9.17, 15) is 29.4 Å². The lowest BCUT2D eigenvalue weighted by molar-refractivity contribution is -0.121. The van der Waals surface area contributed by atoms with Gasteiger partial charge in [-0.25, -0.2) is 9.59 Å². The number of benzene rings is 2. The van der Waals surface area contributed by atoms with Crippen LogP contribution >= 0.6 is 0 Å². The monoisotopic (exact) mass is 610 g/mol. The van der Waals surface area contributed by atoms with Gasteiger partial charge in [0.05, 0.1) is 12.1 Å². The van der Waals surface area contributed by atoms with Crippen LogP contribution in [0.5, 0.6) is 0 Å². The summed E-state index contributed by atoms with van der Waals surface area (Å²) in [5.41, 5.74) is 2.73. The number of aldehydes is 2. The first-order valence-corrected chi connectivity index (χ1v) is 15.7. The van der Waals surface area contributed by atoms with Crippen molar-refractivity contribution in [2.45, 2.75) is 102 Å². The van der Waals surface area contributed by atoms with Crippen molar-refractivity contribution in [3.63, 3.8) is 0 Å². The molecule has 0 aromatic heterocycles. The normalized spacial score (nSPS) is 14.6. The molecule has 0 spiro atoms. The number of nitrogens with zero attached hydrogens (tertiary/aromatic N) is 1. The molecule has 0 heterocycles. The van der Waals surface area contributed by atoms with E-state index in [1.807, 2.05) is 67.6 Å². The summed E-state index contributed by atoms with van der Waals surface area (Å²) in [5.74, 6) is -0.378. The van der Waals surface area contributed by atoms with E-state index in [4.69, 9.17) is 0 Å². The first kappa shape index (κ1) is 36.4. The van der Waals surface area contributed by atoms with Crippen LogP contribution in [-0.4, -0.2) is 64.3 Å². The minimum atomic E-state index is -1.46. The molecule has 0 aliphatic heterocycles. The Bertz CT molecular complexity index is 1120. The molecule has 2 unspecified atom stereocenters. The van der Waals surface area contributed by atoms with Crippen LogP contribution in [0.3, 0.4) is 0 Å². The summed E-state index contributed by atoms with van der Waals surface area (Å²) >= 11 is 0. The van der Waals surface area contributed by atoms with Gasteiger partial charge in [-0.2, -0.15) is 5.01 Å². The summed E-state index contributed by atoms with van der Waals surface area (Å²) in [6.07, 6.45) is 8.43. The smallest absolute Gasteiger partial charge is 0.419 e. The number of carbonyl (C=O) groups excluding carboxylic acids is 2. The van der Waals surface area contributed by atoms with Crippen molar-refractivity contribution < 1.29 is 29.4 Å². The highest BCUT2D eigenvalue weighted by Crippen LogP contribution is 2.34. The van der Waals surface area contributed by atoms with E-state index in [0.717, 1.165) is 75.3 Å². The zero-order valence-corrected chi connectivity index (χ0v) is 26.1. The molecular formula is C34H50N4O6. The Morgan fingerprint density at radius 2 is 1.32 bits per heavy atom. The number of rotatable bonds is 23. The Labute approximate surface area is 261 Å². The topological polar surface area (TPSA) is 148 Å². The van der Waals surface area contributed by atoms with Gasteiger partial charge in [-0.05, 0) is 50.8 Å². The van der Waals surface area contributed by atoms with Crippen molar-refractivity contribution >= 4 is 24.8 Å². The second kappa shape index (κ2) is 20.2. The average molecular weight is 611 g/mol. The summed E-state index contributed by atoms with van der Waals surface area (Å²) in [5, 5.41) is 27.1. The number of amides is 2. The quantitative estimate of drug-likeness (QED) is 0.0458. The third-order valence-corrected chi connectivity index (χ3v) is 8.04. The highest BCUT2D eigenvalue weighted by Gasteiger charge is 2.48. The number of unbranched alkanes of at least 4 members (excludes halogenated alkanes) is 7. The number of carboxylic acid groups (broad SMARTS) is 2. The van der Waals surface area contributed by atoms with Gasteiger partial charge < -0.3 is 30.4 Å². The van der Waals surface area contributed by atoms with E-state index in [-0.39, 0.29) is 18.4 Å². The van der Waals surface area contributed by atoms with Crippen LogP contribution in [-0.2, 0) is 22.4 Å². The lowest BCUT2D eigenvalue weighted by Gasteiger charge is -2.49. The number of carbonyl (C=O) groups is 4. The molecule has 2 aromatic carbocycles. The van der Waals surface area contributed by atoms with Gasteiger partial charge in [-0.1, -0.05) is 106 Å². The van der Waals surface area contributed by atoms with Gasteiger partial charge in [0, 0.05) is 12.3 Å². The first-order chi connectivity index (χ1) is 21.2. The summed E-state index contributed by atoms with van der Waals surface area (Å²) < 4.78 is 0. The molecule has 44 heavy (non-hydrogen) atoms. The maximum atomic E-state index is 12.4. The molecule has 0 saturated carbocycles. The molecule has 2 amide bonds. The molecule has 0 aliphatic carbocycles. The Balaban J connectivity index is 2.26. The number of hydrazine groups is 1. The van der Waals surface area contributed by atoms with Gasteiger partial charge in [-0.3, -0.25) is 5.43 Å². The summed E-state index contributed by atoms with van der Waals surface area (Å²) in [7, 11) is 0. The Morgan fingerprint density at radius 3 is 1.84 bits per heavy atom. The van der Waals surface area contributed by atoms with Gasteiger partial charge in [-0.15, -0.1) is 0 Å². The van der Waals surface area contributed by atoms with Crippen molar-refractivity contribution in [1.29, 1.82) is 0 Å². The van der Waals surface area contributed by atoms with Gasteiger partial charge in [0.1, 0.15) is 18.2 Å². The lowest BCUT2D eigenvalue weighted by Crippen LogP contribution is -2.72. The second-order valence-corrected chi connectivity index (χ2v) is 11.6. The van der Waals surface area contributed by atoms with Gasteiger partial charge in [0.25, 0.3) is 0 Å². The minimum absolute atomic E-state index is 0.105. The van der Waals surface area contributed by atoms with Crippen molar-refractivity contribution in [3.05, 3.63) is 71.8 Å². The Morgan fingerprint density at radius 1 is 0.773 bits per heavy atom. The highest BCUT2D eigenvalue weighted by molar-refractivity contribution is 5.68. The third-order valence-electron chi connectivity index (χ3n) is 8.04. The number of hydrogen-bond acceptors (Lipinski definition) is 6. The summed E-state index contributed by atoms with van der Waals surface area (Å²) in [6, 6.07) is 18.0. The SMILES string of the molecule is CC(C=O)NCCCCCCCCCC[C@@H](Cc1ccccc1)C(Cc1ccccc1)(NC(=O)O)N(NC(=O)O)[C@@H](C)C=O. The minimum Gasteiger partial charge on any atom is -0.465 e. The zero-order valence-electron chi connectivity index (χ0n) is 26.1. The van der Waals surface area contributed by atoms with Gasteiger partial charge in [0.15, 0.2) is 0 Å². The van der Waals surface area contributed by atoms with Crippen molar-refractivity contribution in [2.24, 2.45) is 5.92 Å². The Hall–Kier alpha value is -3.76. The van der Waals surface area contributed by atoms with Crippen molar-refractivity contribution in [2.75, 3.05) is 6.54 Å². The molecule has 0 saturated heterocycles. The molecule has 2 rings (SSSR count). The van der Waals surface area contributed by atoms with E-state index in [0.29, 0.717) is 19.1 Å². The molecule has 242 valence electrons. The van der Waals surface area contributed by atoms with Crippen LogP contribution in [0.15, 0.2) is 60.7 Å². The third kappa shape index (κ3) is 12.9. The highest BCUT2D eigenvalue weighted by atomic mass is 16.4. The van der Waals surface area contributed by atoms with Crippen LogP contribution in [0.4, 0.5) is 9.59 Å². The maximum absolute atomic E-state index is 12.4. The van der Waals surface area contributed by atoms with E-state index in [1.165, 1.54) is 5.01 Å². The van der Waals surface area contributed by atoms with Crippen LogP contribution in [0, 0.1) is 5.92 Å². The maximum Gasteiger partial charge on any atom is 0.419 e.